The van der Waals surface area contributed by atoms with Crippen LogP contribution >= 0.6 is 11.6 Å². The molecule has 0 bridgehead atoms. The molecule has 2 nitrogen and oxygen atoms in total. The van der Waals surface area contributed by atoms with Crippen LogP contribution in [-0.2, 0) is 18.7 Å². The summed E-state index contributed by atoms with van der Waals surface area (Å²) in [6, 6.07) is 16.9. The minimum atomic E-state index is 0.445. The van der Waals surface area contributed by atoms with E-state index in [-0.39, 0.29) is 0 Å². The average molecular weight is 297 g/mol. The van der Waals surface area contributed by atoms with Crippen LogP contribution in [0.1, 0.15) is 22.3 Å². The third-order valence-electron chi connectivity index (χ3n) is 4.10. The molecule has 0 aliphatic carbocycles. The van der Waals surface area contributed by atoms with Crippen LogP contribution in [-0.4, -0.2) is 13.1 Å². The molecule has 0 atom stereocenters. The first-order valence-electron chi connectivity index (χ1n) is 7.22. The summed E-state index contributed by atoms with van der Waals surface area (Å²) in [6.45, 7) is 1.90. The van der Waals surface area contributed by atoms with E-state index in [1.165, 1.54) is 11.1 Å². The number of benzene rings is 2. The Bertz CT molecular complexity index is 661. The minimum Gasteiger partial charge on any atom is -0.370 e. The number of fused-ring (bicyclic) bond motifs is 1. The Morgan fingerprint density at radius 2 is 1.71 bits per heavy atom. The van der Waals surface area contributed by atoms with E-state index < -0.39 is 0 Å². The van der Waals surface area contributed by atoms with Crippen molar-refractivity contribution in [1.29, 1.82) is 5.26 Å². The van der Waals surface area contributed by atoms with E-state index in [0.717, 1.165) is 42.7 Å². The Kier molecular flexibility index (Phi) is 4.13. The summed E-state index contributed by atoms with van der Waals surface area (Å²) < 4.78 is 0. The Labute approximate surface area is 130 Å². The van der Waals surface area contributed by atoms with Crippen LogP contribution in [0.5, 0.6) is 0 Å². The second kappa shape index (κ2) is 6.20. The SMILES string of the molecule is N#Cc1cc(CCl)ccc1N1CCc2ccccc2CC1. The largest absolute Gasteiger partial charge is 0.370 e. The normalized spacial score (nSPS) is 14.2. The molecule has 1 aliphatic rings. The van der Waals surface area contributed by atoms with Crippen molar-refractivity contribution in [2.45, 2.75) is 18.7 Å². The summed E-state index contributed by atoms with van der Waals surface area (Å²) in [5.41, 5.74) is 5.60. The van der Waals surface area contributed by atoms with Crippen molar-refractivity contribution >= 4 is 17.3 Å². The van der Waals surface area contributed by atoms with Crippen molar-refractivity contribution in [2.24, 2.45) is 0 Å². The highest BCUT2D eigenvalue weighted by molar-refractivity contribution is 6.17. The highest BCUT2D eigenvalue weighted by Crippen LogP contribution is 2.25. The number of hydrogen-bond donors (Lipinski definition) is 0. The predicted octanol–water partition coefficient (Wildman–Crippen LogP) is 3.90. The summed E-state index contributed by atoms with van der Waals surface area (Å²) in [5, 5.41) is 9.39. The van der Waals surface area contributed by atoms with Gasteiger partial charge in [-0.15, -0.1) is 11.6 Å². The molecular formula is C18H17ClN2. The molecule has 106 valence electrons. The van der Waals surface area contributed by atoms with Gasteiger partial charge in [0.15, 0.2) is 0 Å². The quantitative estimate of drug-likeness (QED) is 0.786. The lowest BCUT2D eigenvalue weighted by molar-refractivity contribution is 0.804. The minimum absolute atomic E-state index is 0.445. The summed E-state index contributed by atoms with van der Waals surface area (Å²) in [5.74, 6) is 0.445. The van der Waals surface area contributed by atoms with E-state index in [2.05, 4.69) is 35.2 Å². The molecule has 0 saturated heterocycles. The Hall–Kier alpha value is -1.98. The molecule has 0 spiro atoms. The van der Waals surface area contributed by atoms with Gasteiger partial charge in [0.2, 0.25) is 0 Å². The summed E-state index contributed by atoms with van der Waals surface area (Å²) >= 11 is 5.86. The Morgan fingerprint density at radius 1 is 1.05 bits per heavy atom. The van der Waals surface area contributed by atoms with Gasteiger partial charge in [0.05, 0.1) is 11.3 Å². The van der Waals surface area contributed by atoms with Gasteiger partial charge in [-0.25, -0.2) is 0 Å². The third-order valence-corrected chi connectivity index (χ3v) is 4.41. The van der Waals surface area contributed by atoms with E-state index in [4.69, 9.17) is 11.6 Å². The Balaban J connectivity index is 1.88. The smallest absolute Gasteiger partial charge is 0.101 e. The summed E-state index contributed by atoms with van der Waals surface area (Å²) in [4.78, 5) is 2.32. The van der Waals surface area contributed by atoms with Gasteiger partial charge >= 0.3 is 0 Å². The second-order valence-electron chi connectivity index (χ2n) is 5.35. The van der Waals surface area contributed by atoms with Gasteiger partial charge in [-0.3, -0.25) is 0 Å². The highest BCUT2D eigenvalue weighted by Gasteiger charge is 2.16. The number of nitrogens with zero attached hydrogens (tertiary/aromatic N) is 2. The van der Waals surface area contributed by atoms with Crippen LogP contribution in [0.25, 0.3) is 0 Å². The number of hydrogen-bond acceptors (Lipinski definition) is 2. The maximum absolute atomic E-state index is 9.39. The molecule has 0 amide bonds. The number of halogens is 1. The van der Waals surface area contributed by atoms with Crippen LogP contribution in [0.2, 0.25) is 0 Å². The molecule has 1 heterocycles. The van der Waals surface area contributed by atoms with Gasteiger partial charge in [-0.05, 0) is 41.7 Å². The maximum Gasteiger partial charge on any atom is 0.101 e. The fourth-order valence-corrected chi connectivity index (χ4v) is 3.11. The standard InChI is InChI=1S/C18H17ClN2/c19-12-14-5-6-18(17(11-14)13-20)21-9-7-15-3-1-2-4-16(15)8-10-21/h1-6,11H,7-10,12H2. The van der Waals surface area contributed by atoms with E-state index >= 15 is 0 Å². The van der Waals surface area contributed by atoms with Gasteiger partial charge in [0.1, 0.15) is 6.07 Å². The maximum atomic E-state index is 9.39. The second-order valence-corrected chi connectivity index (χ2v) is 5.62. The number of alkyl halides is 1. The van der Waals surface area contributed by atoms with Crippen molar-refractivity contribution in [3.8, 4) is 6.07 Å². The molecule has 1 aliphatic heterocycles. The van der Waals surface area contributed by atoms with E-state index in [9.17, 15) is 5.26 Å². The first-order valence-corrected chi connectivity index (χ1v) is 7.76. The fourth-order valence-electron chi connectivity index (χ4n) is 2.94. The van der Waals surface area contributed by atoms with Gasteiger partial charge < -0.3 is 4.90 Å². The van der Waals surface area contributed by atoms with Gasteiger partial charge in [0, 0.05) is 19.0 Å². The van der Waals surface area contributed by atoms with E-state index in [1.54, 1.807) is 0 Å². The van der Waals surface area contributed by atoms with Gasteiger partial charge in [-0.1, -0.05) is 30.3 Å². The zero-order valence-corrected chi connectivity index (χ0v) is 12.6. The molecule has 0 radical (unpaired) electrons. The first kappa shape index (κ1) is 14.0. The topological polar surface area (TPSA) is 27.0 Å². The predicted molar refractivity (Wildman–Crippen MR) is 86.8 cm³/mol. The molecule has 2 aromatic rings. The molecular weight excluding hydrogens is 280 g/mol. The number of rotatable bonds is 2. The number of nitriles is 1. The molecule has 0 saturated carbocycles. The van der Waals surface area contributed by atoms with Crippen LogP contribution in [0, 0.1) is 11.3 Å². The molecule has 0 fully saturated rings. The average Bonchev–Trinajstić information content (AvgIpc) is 2.77. The van der Waals surface area contributed by atoms with Gasteiger partial charge in [-0.2, -0.15) is 5.26 Å². The van der Waals surface area contributed by atoms with Crippen LogP contribution in [0.4, 0.5) is 5.69 Å². The van der Waals surface area contributed by atoms with Crippen LogP contribution < -0.4 is 4.90 Å². The molecule has 3 heteroatoms. The van der Waals surface area contributed by atoms with Crippen molar-refractivity contribution in [3.05, 3.63) is 64.7 Å². The lowest BCUT2D eigenvalue weighted by atomic mass is 10.0. The molecule has 0 N–H and O–H groups in total. The molecule has 2 aromatic carbocycles. The Morgan fingerprint density at radius 3 is 2.29 bits per heavy atom. The fraction of sp³-hybridized carbons (Fsp3) is 0.278. The zero-order valence-electron chi connectivity index (χ0n) is 11.8. The van der Waals surface area contributed by atoms with Gasteiger partial charge in [0.25, 0.3) is 0 Å². The molecule has 21 heavy (non-hydrogen) atoms. The van der Waals surface area contributed by atoms with Crippen molar-refractivity contribution < 1.29 is 0 Å². The van der Waals surface area contributed by atoms with Crippen LogP contribution in [0.15, 0.2) is 42.5 Å². The first-order chi connectivity index (χ1) is 10.3. The van der Waals surface area contributed by atoms with Crippen molar-refractivity contribution in [1.82, 2.24) is 0 Å². The lowest BCUT2D eigenvalue weighted by Crippen LogP contribution is -2.26. The molecule has 3 rings (SSSR count). The lowest BCUT2D eigenvalue weighted by Gasteiger charge is -2.24. The summed E-state index contributed by atoms with van der Waals surface area (Å²) in [6.07, 6.45) is 2.05. The third kappa shape index (κ3) is 2.89. The zero-order chi connectivity index (χ0) is 14.7. The molecule has 0 unspecified atom stereocenters. The summed E-state index contributed by atoms with van der Waals surface area (Å²) in [7, 11) is 0. The highest BCUT2D eigenvalue weighted by atomic mass is 35.5. The number of anilines is 1. The monoisotopic (exact) mass is 296 g/mol. The van der Waals surface area contributed by atoms with E-state index in [0.29, 0.717) is 5.88 Å². The van der Waals surface area contributed by atoms with Crippen LogP contribution in [0.3, 0.4) is 0 Å². The van der Waals surface area contributed by atoms with Crippen molar-refractivity contribution in [3.63, 3.8) is 0 Å². The molecule has 0 aromatic heterocycles. The van der Waals surface area contributed by atoms with Crippen molar-refractivity contribution in [2.75, 3.05) is 18.0 Å². The van der Waals surface area contributed by atoms with E-state index in [1.807, 2.05) is 18.2 Å².